The van der Waals surface area contributed by atoms with Crippen molar-refractivity contribution in [1.82, 2.24) is 39.6 Å². The molecule has 2 aliphatic rings. The maximum Gasteiger partial charge on any atom is 0.226 e. The second kappa shape index (κ2) is 15.1. The second-order valence-electron chi connectivity index (χ2n) is 14.8. The molecule has 2 saturated heterocycles. The number of aliphatic hydroxyl groups excluding tert-OH is 1. The topological polar surface area (TPSA) is 136 Å². The van der Waals surface area contributed by atoms with Gasteiger partial charge in [-0.05, 0) is 96.9 Å². The van der Waals surface area contributed by atoms with E-state index in [1.165, 1.54) is 0 Å². The fourth-order valence-corrected chi connectivity index (χ4v) is 7.84. The van der Waals surface area contributed by atoms with Gasteiger partial charge in [-0.2, -0.15) is 0 Å². The van der Waals surface area contributed by atoms with Crippen LogP contribution in [0.25, 0.3) is 33.1 Å². The third kappa shape index (κ3) is 7.32. The Morgan fingerprint density at radius 3 is 2.07 bits per heavy atom. The van der Waals surface area contributed by atoms with E-state index in [1.54, 1.807) is 11.2 Å². The summed E-state index contributed by atoms with van der Waals surface area (Å²) >= 11 is 0. The van der Waals surface area contributed by atoms with Crippen LogP contribution in [-0.4, -0.2) is 97.0 Å². The van der Waals surface area contributed by atoms with Crippen LogP contribution in [0.1, 0.15) is 35.1 Å². The molecule has 0 spiro atoms. The molecule has 0 saturated carbocycles. The van der Waals surface area contributed by atoms with Gasteiger partial charge in [0, 0.05) is 82.2 Å². The molecule has 6 heterocycles. The highest BCUT2D eigenvalue weighted by Gasteiger charge is 2.29. The molecule has 2 fully saturated rings. The molecule has 54 heavy (non-hydrogen) atoms. The summed E-state index contributed by atoms with van der Waals surface area (Å²) in [5.74, 6) is 1.59. The van der Waals surface area contributed by atoms with Gasteiger partial charge in [-0.25, -0.2) is 15.0 Å². The number of likely N-dealkylation sites (tertiary alicyclic amines) is 2. The van der Waals surface area contributed by atoms with Crippen LogP contribution in [0.2, 0.25) is 0 Å². The molecule has 0 aliphatic carbocycles. The van der Waals surface area contributed by atoms with Crippen LogP contribution in [0.15, 0.2) is 79.5 Å². The number of benzene rings is 2. The summed E-state index contributed by atoms with van der Waals surface area (Å²) < 4.78 is 0. The number of aromatic nitrogens is 5. The molecular formula is C42H46N10O2. The molecule has 6 aromatic rings. The van der Waals surface area contributed by atoms with Gasteiger partial charge in [0.15, 0.2) is 11.6 Å². The van der Waals surface area contributed by atoms with Gasteiger partial charge >= 0.3 is 0 Å². The van der Waals surface area contributed by atoms with Crippen molar-refractivity contribution in [3.63, 3.8) is 0 Å². The van der Waals surface area contributed by atoms with Crippen molar-refractivity contribution < 1.29 is 9.90 Å². The minimum absolute atomic E-state index is 0.0444. The minimum atomic E-state index is -0.242. The number of carbonyl (C=O) groups excluding carboxylic acids is 1. The van der Waals surface area contributed by atoms with Crippen molar-refractivity contribution >= 4 is 50.9 Å². The predicted octanol–water partition coefficient (Wildman–Crippen LogP) is 6.22. The Hall–Kier alpha value is -5.56. The van der Waals surface area contributed by atoms with Gasteiger partial charge in [0.25, 0.3) is 0 Å². The number of β-amino-alcohol motifs (C(OH)–C–C–N with tert-alkyl or cyclic N) is 1. The summed E-state index contributed by atoms with van der Waals surface area (Å²) in [5.41, 5.74) is 10.8. The van der Waals surface area contributed by atoms with E-state index < -0.39 is 0 Å². The fourth-order valence-electron chi connectivity index (χ4n) is 7.84. The lowest BCUT2D eigenvalue weighted by Crippen LogP contribution is -2.31. The van der Waals surface area contributed by atoms with Crippen molar-refractivity contribution in [3.05, 3.63) is 102 Å². The first-order chi connectivity index (χ1) is 26.2. The standard InChI is InChI=1S/C42H46N10O2/c1-26-33(7-5-9-35(26)48-40-38-30(11-14-43-40)17-28(19-44-38)21-52-16-13-32(53)24-52)34-8-6-10-36(27(34)2)49-41-39-37(46-25-47-41)18-29(20-45-39)22-51-15-12-31(23-51)42(54)50(3)4/h5-11,14,17-20,25,31-32,53H,12-13,15-16,21-24H2,1-4H3,(H,43,48)(H,46,47,49)/t31-,32-/m1/s1. The zero-order valence-corrected chi connectivity index (χ0v) is 31.3. The number of anilines is 4. The predicted molar refractivity (Wildman–Crippen MR) is 213 cm³/mol. The van der Waals surface area contributed by atoms with Crippen LogP contribution in [0, 0.1) is 19.8 Å². The average molecular weight is 723 g/mol. The van der Waals surface area contributed by atoms with Crippen molar-refractivity contribution in [2.24, 2.45) is 5.92 Å². The fraction of sp³-hybridized carbons (Fsp3) is 0.333. The van der Waals surface area contributed by atoms with E-state index in [2.05, 4.69) is 97.8 Å². The Morgan fingerprint density at radius 2 is 1.41 bits per heavy atom. The van der Waals surface area contributed by atoms with Crippen LogP contribution >= 0.6 is 0 Å². The number of fused-ring (bicyclic) bond motifs is 2. The molecule has 3 N–H and O–H groups in total. The molecule has 4 aromatic heterocycles. The Morgan fingerprint density at radius 1 is 0.778 bits per heavy atom. The minimum Gasteiger partial charge on any atom is -0.392 e. The summed E-state index contributed by atoms with van der Waals surface area (Å²) in [4.78, 5) is 42.2. The smallest absolute Gasteiger partial charge is 0.226 e. The number of nitrogens with one attached hydrogen (secondary N) is 2. The van der Waals surface area contributed by atoms with Gasteiger partial charge < -0.3 is 20.6 Å². The molecule has 8 rings (SSSR count). The number of carbonyl (C=O) groups is 1. The summed E-state index contributed by atoms with van der Waals surface area (Å²) in [5, 5.41) is 18.1. The van der Waals surface area contributed by atoms with Crippen molar-refractivity contribution in [2.45, 2.75) is 45.9 Å². The van der Waals surface area contributed by atoms with Crippen LogP contribution in [0.3, 0.4) is 0 Å². The molecule has 12 nitrogen and oxygen atoms in total. The Bertz CT molecular complexity index is 2350. The van der Waals surface area contributed by atoms with Crippen molar-refractivity contribution in [3.8, 4) is 11.1 Å². The molecule has 2 atom stereocenters. The van der Waals surface area contributed by atoms with E-state index in [9.17, 15) is 9.90 Å². The Labute approximate surface area is 315 Å². The lowest BCUT2D eigenvalue weighted by Gasteiger charge is -2.19. The van der Waals surface area contributed by atoms with Gasteiger partial charge in [0.2, 0.25) is 5.91 Å². The molecule has 2 aromatic carbocycles. The summed E-state index contributed by atoms with van der Waals surface area (Å²) in [6.07, 6.45) is 8.65. The lowest BCUT2D eigenvalue weighted by molar-refractivity contribution is -0.132. The highest BCUT2D eigenvalue weighted by molar-refractivity contribution is 5.92. The number of hydrogen-bond acceptors (Lipinski definition) is 11. The van der Waals surface area contributed by atoms with Gasteiger partial charge in [0.05, 0.1) is 17.5 Å². The zero-order valence-electron chi connectivity index (χ0n) is 31.3. The van der Waals surface area contributed by atoms with E-state index >= 15 is 0 Å². The molecule has 0 unspecified atom stereocenters. The summed E-state index contributed by atoms with van der Waals surface area (Å²) in [7, 11) is 3.64. The second-order valence-corrected chi connectivity index (χ2v) is 14.8. The number of aliphatic hydroxyl groups is 1. The average Bonchev–Trinajstić information content (AvgIpc) is 3.81. The molecular weight excluding hydrogens is 677 g/mol. The summed E-state index contributed by atoms with van der Waals surface area (Å²) in [6, 6.07) is 18.8. The van der Waals surface area contributed by atoms with Gasteiger partial charge in [-0.1, -0.05) is 24.3 Å². The molecule has 12 heteroatoms. The SMILES string of the molecule is Cc1c(Nc2nccc3cc(CN4CC[C@@H](O)C4)cnc23)cccc1-c1cccc(Nc2ncnc3cc(CN4CC[C@@H](C(=O)N(C)C)C4)cnc23)c1C. The number of amides is 1. The largest absolute Gasteiger partial charge is 0.392 e. The van der Waals surface area contributed by atoms with E-state index in [4.69, 9.17) is 9.97 Å². The van der Waals surface area contributed by atoms with Crippen molar-refractivity contribution in [1.29, 1.82) is 0 Å². The van der Waals surface area contributed by atoms with Crippen LogP contribution in [-0.2, 0) is 17.9 Å². The van der Waals surface area contributed by atoms with E-state index in [1.807, 2.05) is 38.8 Å². The Balaban J connectivity index is 1.00. The highest BCUT2D eigenvalue weighted by Crippen LogP contribution is 2.36. The van der Waals surface area contributed by atoms with Gasteiger partial charge in [-0.3, -0.25) is 24.6 Å². The van der Waals surface area contributed by atoms with Crippen LogP contribution in [0.5, 0.6) is 0 Å². The van der Waals surface area contributed by atoms with Crippen LogP contribution < -0.4 is 10.6 Å². The summed E-state index contributed by atoms with van der Waals surface area (Å²) in [6.45, 7) is 8.98. The lowest BCUT2D eigenvalue weighted by atomic mass is 9.94. The first-order valence-corrected chi connectivity index (χ1v) is 18.6. The van der Waals surface area contributed by atoms with Crippen molar-refractivity contribution in [2.75, 3.05) is 50.9 Å². The third-order valence-electron chi connectivity index (χ3n) is 10.8. The number of hydrogen-bond donors (Lipinski definition) is 3. The van der Waals surface area contributed by atoms with Crippen LogP contribution in [0.4, 0.5) is 23.0 Å². The molecule has 0 radical (unpaired) electrons. The van der Waals surface area contributed by atoms with Gasteiger partial charge in [-0.15, -0.1) is 0 Å². The zero-order chi connectivity index (χ0) is 37.3. The normalized spacial score (nSPS) is 17.7. The number of rotatable bonds is 10. The molecule has 276 valence electrons. The van der Waals surface area contributed by atoms with Gasteiger partial charge in [0.1, 0.15) is 17.4 Å². The maximum absolute atomic E-state index is 12.5. The number of pyridine rings is 3. The maximum atomic E-state index is 12.5. The quantitative estimate of drug-likeness (QED) is 0.149. The third-order valence-corrected chi connectivity index (χ3v) is 10.8. The Kier molecular flexibility index (Phi) is 9.89. The molecule has 2 aliphatic heterocycles. The molecule has 0 bridgehead atoms. The number of nitrogens with zero attached hydrogens (tertiary/aromatic N) is 8. The van der Waals surface area contributed by atoms with E-state index in [0.29, 0.717) is 23.7 Å². The van der Waals surface area contributed by atoms with E-state index in [-0.39, 0.29) is 17.9 Å². The monoisotopic (exact) mass is 722 g/mol. The highest BCUT2D eigenvalue weighted by atomic mass is 16.3. The van der Waals surface area contributed by atoms with E-state index in [0.717, 1.165) is 107 Å². The molecule has 1 amide bonds. The first-order valence-electron chi connectivity index (χ1n) is 18.6. The first kappa shape index (κ1) is 35.5.